The SMILES string of the molecule is CC(C)CC(NS(=O)(=O)c1ccccc1)C(=O)Cn1nnc(-c2ccccc2)n1. The molecule has 1 heterocycles. The summed E-state index contributed by atoms with van der Waals surface area (Å²) in [5, 5.41) is 12.1. The van der Waals surface area contributed by atoms with Crippen LogP contribution < -0.4 is 4.72 Å². The number of ketones is 1. The van der Waals surface area contributed by atoms with Gasteiger partial charge in [0.15, 0.2) is 5.78 Å². The first-order chi connectivity index (χ1) is 13.8. The molecule has 0 aliphatic heterocycles. The second kappa shape index (κ2) is 9.06. The average molecular weight is 414 g/mol. The minimum absolute atomic E-state index is 0.117. The van der Waals surface area contributed by atoms with Crippen LogP contribution in [0.15, 0.2) is 65.6 Å². The molecule has 9 heteroatoms. The van der Waals surface area contributed by atoms with Gasteiger partial charge < -0.3 is 0 Å². The lowest BCUT2D eigenvalue weighted by Gasteiger charge is -2.19. The lowest BCUT2D eigenvalue weighted by molar-refractivity contribution is -0.122. The van der Waals surface area contributed by atoms with E-state index in [2.05, 4.69) is 20.1 Å². The van der Waals surface area contributed by atoms with E-state index in [0.717, 1.165) is 5.56 Å². The Morgan fingerprint density at radius 1 is 1.03 bits per heavy atom. The number of tetrazole rings is 1. The zero-order chi connectivity index (χ0) is 20.9. The molecular formula is C20H23N5O3S. The van der Waals surface area contributed by atoms with Gasteiger partial charge in [-0.2, -0.15) is 4.80 Å². The topological polar surface area (TPSA) is 107 Å². The maximum absolute atomic E-state index is 12.8. The van der Waals surface area contributed by atoms with Crippen molar-refractivity contribution >= 4 is 15.8 Å². The van der Waals surface area contributed by atoms with Gasteiger partial charge in [-0.25, -0.2) is 13.1 Å². The molecule has 0 aliphatic rings. The smallest absolute Gasteiger partial charge is 0.241 e. The summed E-state index contributed by atoms with van der Waals surface area (Å²) in [5.41, 5.74) is 0.787. The van der Waals surface area contributed by atoms with Gasteiger partial charge in [-0.05, 0) is 29.7 Å². The van der Waals surface area contributed by atoms with E-state index in [1.54, 1.807) is 18.2 Å². The number of rotatable bonds is 9. The Balaban J connectivity index is 1.75. The number of nitrogens with zero attached hydrogens (tertiary/aromatic N) is 4. The van der Waals surface area contributed by atoms with Crippen LogP contribution in [-0.4, -0.2) is 40.5 Å². The summed E-state index contributed by atoms with van der Waals surface area (Å²) < 4.78 is 27.8. The van der Waals surface area contributed by atoms with Crippen LogP contribution in [0.2, 0.25) is 0 Å². The molecule has 0 aliphatic carbocycles. The summed E-state index contributed by atoms with van der Waals surface area (Å²) in [6.07, 6.45) is 0.366. The molecule has 29 heavy (non-hydrogen) atoms. The van der Waals surface area contributed by atoms with Gasteiger partial charge >= 0.3 is 0 Å². The maximum atomic E-state index is 12.8. The predicted molar refractivity (Wildman–Crippen MR) is 108 cm³/mol. The zero-order valence-electron chi connectivity index (χ0n) is 16.3. The van der Waals surface area contributed by atoms with Gasteiger partial charge in [0.25, 0.3) is 0 Å². The lowest BCUT2D eigenvalue weighted by Crippen LogP contribution is -2.43. The molecule has 0 amide bonds. The van der Waals surface area contributed by atoms with Crippen LogP contribution in [0.5, 0.6) is 0 Å². The Labute approximate surface area is 170 Å². The van der Waals surface area contributed by atoms with Crippen LogP contribution in [0.25, 0.3) is 11.4 Å². The van der Waals surface area contributed by atoms with Gasteiger partial charge in [0.2, 0.25) is 15.8 Å². The Hall–Kier alpha value is -2.91. The van der Waals surface area contributed by atoms with Crippen LogP contribution >= 0.6 is 0 Å². The van der Waals surface area contributed by atoms with Gasteiger partial charge in [0.1, 0.15) is 6.54 Å². The quantitative estimate of drug-likeness (QED) is 0.577. The normalized spacial score (nSPS) is 12.8. The molecule has 1 aromatic heterocycles. The Kier molecular flexibility index (Phi) is 6.50. The van der Waals surface area contributed by atoms with E-state index in [1.165, 1.54) is 16.9 Å². The number of benzene rings is 2. The van der Waals surface area contributed by atoms with Crippen LogP contribution in [0.3, 0.4) is 0 Å². The minimum atomic E-state index is -3.82. The summed E-state index contributed by atoms with van der Waals surface area (Å²) in [4.78, 5) is 14.2. The molecule has 2 aromatic carbocycles. The van der Waals surface area contributed by atoms with Gasteiger partial charge in [-0.3, -0.25) is 4.79 Å². The molecule has 3 rings (SSSR count). The molecule has 8 nitrogen and oxygen atoms in total. The molecule has 1 unspecified atom stereocenters. The Morgan fingerprint density at radius 3 is 2.28 bits per heavy atom. The number of hydrogen-bond acceptors (Lipinski definition) is 6. The van der Waals surface area contributed by atoms with Crippen LogP contribution in [0.4, 0.5) is 0 Å². The Bertz CT molecular complexity index is 1050. The first kappa shape index (κ1) is 20.8. The van der Waals surface area contributed by atoms with Crippen molar-refractivity contribution in [2.45, 2.75) is 37.8 Å². The molecule has 152 valence electrons. The molecule has 0 saturated heterocycles. The van der Waals surface area contributed by atoms with E-state index in [9.17, 15) is 13.2 Å². The second-order valence-electron chi connectivity index (χ2n) is 7.09. The molecule has 0 saturated carbocycles. The van der Waals surface area contributed by atoms with Gasteiger partial charge in [0, 0.05) is 5.56 Å². The average Bonchev–Trinajstić information content (AvgIpc) is 3.17. The van der Waals surface area contributed by atoms with Gasteiger partial charge in [0.05, 0.1) is 10.9 Å². The molecule has 1 atom stereocenters. The van der Waals surface area contributed by atoms with E-state index < -0.39 is 16.1 Å². The first-order valence-corrected chi connectivity index (χ1v) is 10.8. The van der Waals surface area contributed by atoms with Gasteiger partial charge in [-0.1, -0.05) is 62.4 Å². The van der Waals surface area contributed by atoms with E-state index in [1.807, 2.05) is 44.2 Å². The molecule has 0 bridgehead atoms. The van der Waals surface area contributed by atoms with E-state index >= 15 is 0 Å². The number of Topliss-reactive ketones (excluding diaryl/α,β-unsaturated/α-hetero) is 1. The monoisotopic (exact) mass is 413 g/mol. The number of aromatic nitrogens is 4. The van der Waals surface area contributed by atoms with Crippen molar-refractivity contribution in [2.75, 3.05) is 0 Å². The van der Waals surface area contributed by atoms with E-state index in [-0.39, 0.29) is 23.1 Å². The molecule has 0 fully saturated rings. The first-order valence-electron chi connectivity index (χ1n) is 9.28. The second-order valence-corrected chi connectivity index (χ2v) is 8.81. The fourth-order valence-corrected chi connectivity index (χ4v) is 4.09. The predicted octanol–water partition coefficient (Wildman–Crippen LogP) is 2.30. The van der Waals surface area contributed by atoms with Crippen molar-refractivity contribution in [3.05, 3.63) is 60.7 Å². The fraction of sp³-hybridized carbons (Fsp3) is 0.300. The lowest BCUT2D eigenvalue weighted by atomic mass is 10.0. The summed E-state index contributed by atoms with van der Waals surface area (Å²) >= 11 is 0. The number of sulfonamides is 1. The van der Waals surface area contributed by atoms with Crippen molar-refractivity contribution in [3.8, 4) is 11.4 Å². The fourth-order valence-electron chi connectivity index (χ4n) is 2.83. The molecule has 3 aromatic rings. The number of hydrogen-bond donors (Lipinski definition) is 1. The third-order valence-electron chi connectivity index (χ3n) is 4.23. The summed E-state index contributed by atoms with van der Waals surface area (Å²) in [6.45, 7) is 3.69. The van der Waals surface area contributed by atoms with Crippen LogP contribution in [0, 0.1) is 5.92 Å². The van der Waals surface area contributed by atoms with E-state index in [0.29, 0.717) is 12.2 Å². The van der Waals surface area contributed by atoms with Crippen molar-refractivity contribution < 1.29 is 13.2 Å². The van der Waals surface area contributed by atoms with Crippen LogP contribution in [0.1, 0.15) is 20.3 Å². The van der Waals surface area contributed by atoms with Crippen molar-refractivity contribution in [3.63, 3.8) is 0 Å². The summed E-state index contributed by atoms with van der Waals surface area (Å²) in [7, 11) is -3.82. The molecular weight excluding hydrogens is 390 g/mol. The summed E-state index contributed by atoms with van der Waals surface area (Å²) in [6, 6.07) is 16.4. The molecule has 1 N–H and O–H groups in total. The molecule has 0 spiro atoms. The maximum Gasteiger partial charge on any atom is 0.241 e. The highest BCUT2D eigenvalue weighted by atomic mass is 32.2. The summed E-state index contributed by atoms with van der Waals surface area (Å²) in [5.74, 6) is 0.199. The van der Waals surface area contributed by atoms with Crippen molar-refractivity contribution in [1.29, 1.82) is 0 Å². The highest BCUT2D eigenvalue weighted by Crippen LogP contribution is 2.14. The van der Waals surface area contributed by atoms with E-state index in [4.69, 9.17) is 0 Å². The molecule has 0 radical (unpaired) electrons. The largest absolute Gasteiger partial charge is 0.296 e. The standard InChI is InChI=1S/C20H23N5O3S/c1-15(2)13-18(23-29(27,28)17-11-7-4-8-12-17)19(26)14-25-22-20(21-24-25)16-9-5-3-6-10-16/h3-12,15,18,23H,13-14H2,1-2H3. The third-order valence-corrected chi connectivity index (χ3v) is 5.72. The highest BCUT2D eigenvalue weighted by Gasteiger charge is 2.27. The van der Waals surface area contributed by atoms with Crippen molar-refractivity contribution in [1.82, 2.24) is 24.9 Å². The minimum Gasteiger partial charge on any atom is -0.296 e. The third kappa shape index (κ3) is 5.55. The van der Waals surface area contributed by atoms with Crippen LogP contribution in [-0.2, 0) is 21.4 Å². The number of carbonyl (C=O) groups excluding carboxylic acids is 1. The van der Waals surface area contributed by atoms with Crippen molar-refractivity contribution in [2.24, 2.45) is 5.92 Å². The van der Waals surface area contributed by atoms with Gasteiger partial charge in [-0.15, -0.1) is 10.2 Å². The zero-order valence-corrected chi connectivity index (χ0v) is 17.1. The Morgan fingerprint density at radius 2 is 1.66 bits per heavy atom. The highest BCUT2D eigenvalue weighted by molar-refractivity contribution is 7.89. The number of carbonyl (C=O) groups is 1. The number of nitrogens with one attached hydrogen (secondary N) is 1.